The van der Waals surface area contributed by atoms with Gasteiger partial charge in [0.1, 0.15) is 11.5 Å². The van der Waals surface area contributed by atoms with E-state index in [1.54, 1.807) is 40.2 Å². The number of carbonyl (C=O) groups excluding carboxylic acids is 1. The lowest BCUT2D eigenvalue weighted by molar-refractivity contribution is -0.152. The van der Waals surface area contributed by atoms with Crippen molar-refractivity contribution in [2.75, 3.05) is 21.3 Å². The van der Waals surface area contributed by atoms with Gasteiger partial charge in [-0.3, -0.25) is 4.79 Å². The molecule has 21 heavy (non-hydrogen) atoms. The van der Waals surface area contributed by atoms with Crippen LogP contribution in [0.4, 0.5) is 0 Å². The third kappa shape index (κ3) is 4.02. The lowest BCUT2D eigenvalue weighted by Crippen LogP contribution is -2.37. The molecular weight excluding hydrogens is 362 g/mol. The molecule has 5 nitrogen and oxygen atoms in total. The zero-order chi connectivity index (χ0) is 15.5. The molecule has 0 unspecified atom stereocenters. The normalized spacial score (nSPS) is 12.1. The van der Waals surface area contributed by atoms with Gasteiger partial charge in [0.2, 0.25) is 0 Å². The van der Waals surface area contributed by atoms with E-state index >= 15 is 0 Å². The maximum absolute atomic E-state index is 11.9. The van der Waals surface area contributed by atoms with E-state index in [4.69, 9.17) is 19.9 Å². The molecule has 2 N–H and O–H groups in total. The second kappa shape index (κ2) is 7.87. The van der Waals surface area contributed by atoms with Crippen LogP contribution >= 0.6 is 28.3 Å². The van der Waals surface area contributed by atoms with Gasteiger partial charge in [-0.15, -0.1) is 12.4 Å². The molecule has 7 heteroatoms. The van der Waals surface area contributed by atoms with Gasteiger partial charge in [0.05, 0.1) is 31.2 Å². The van der Waals surface area contributed by atoms with E-state index < -0.39 is 11.5 Å². The van der Waals surface area contributed by atoms with E-state index in [0.29, 0.717) is 17.1 Å². The van der Waals surface area contributed by atoms with Crippen molar-refractivity contribution >= 4 is 34.3 Å². The molecule has 0 radical (unpaired) electrons. The summed E-state index contributed by atoms with van der Waals surface area (Å²) in [6.07, 6.45) is 0. The molecule has 1 rings (SSSR count). The number of benzene rings is 1. The first-order chi connectivity index (χ1) is 9.29. The third-order valence-corrected chi connectivity index (χ3v) is 3.95. The first-order valence-electron chi connectivity index (χ1n) is 6.05. The van der Waals surface area contributed by atoms with Crippen molar-refractivity contribution in [1.82, 2.24) is 0 Å². The number of esters is 1. The molecule has 0 heterocycles. The van der Waals surface area contributed by atoms with Gasteiger partial charge in [0, 0.05) is 11.6 Å². The van der Waals surface area contributed by atoms with E-state index in [1.165, 1.54) is 7.11 Å². The molecule has 0 bridgehead atoms. The zero-order valence-electron chi connectivity index (χ0n) is 12.7. The standard InChI is InChI=1S/C14H20BrNO4.ClH/c1-14(2,13(17)20-5)12(16)8-6-11(19-4)9(15)7-10(8)18-3;/h6-7,12H,16H2,1-5H3;1H/t12-;/m1./s1. The first-order valence-corrected chi connectivity index (χ1v) is 6.84. The van der Waals surface area contributed by atoms with Gasteiger partial charge in [-0.05, 0) is 41.9 Å². The molecule has 0 spiro atoms. The van der Waals surface area contributed by atoms with Gasteiger partial charge in [-0.25, -0.2) is 0 Å². The highest BCUT2D eigenvalue weighted by Gasteiger charge is 2.38. The minimum Gasteiger partial charge on any atom is -0.496 e. The Balaban J connectivity index is 0.00000400. The number of methoxy groups -OCH3 is 3. The Morgan fingerprint density at radius 2 is 1.71 bits per heavy atom. The van der Waals surface area contributed by atoms with Crippen LogP contribution in [0, 0.1) is 5.41 Å². The minimum atomic E-state index is -0.888. The molecule has 1 aromatic rings. The quantitative estimate of drug-likeness (QED) is 0.792. The van der Waals surface area contributed by atoms with E-state index in [2.05, 4.69) is 15.9 Å². The van der Waals surface area contributed by atoms with Crippen LogP contribution in [-0.2, 0) is 9.53 Å². The summed E-state index contributed by atoms with van der Waals surface area (Å²) < 4.78 is 16.2. The highest BCUT2D eigenvalue weighted by molar-refractivity contribution is 9.10. The first kappa shape index (κ1) is 20.0. The highest BCUT2D eigenvalue weighted by atomic mass is 79.9. The summed E-state index contributed by atoms with van der Waals surface area (Å²) in [6, 6.07) is 2.94. The van der Waals surface area contributed by atoms with Crippen molar-refractivity contribution in [1.29, 1.82) is 0 Å². The summed E-state index contributed by atoms with van der Waals surface area (Å²) in [6.45, 7) is 3.47. The summed E-state index contributed by atoms with van der Waals surface area (Å²) in [5.41, 5.74) is 6.04. The van der Waals surface area contributed by atoms with Crippen molar-refractivity contribution in [2.45, 2.75) is 19.9 Å². The number of rotatable bonds is 5. The van der Waals surface area contributed by atoms with Gasteiger partial charge in [-0.2, -0.15) is 0 Å². The Morgan fingerprint density at radius 3 is 2.14 bits per heavy atom. The summed E-state index contributed by atoms with van der Waals surface area (Å²) in [7, 11) is 4.46. The average Bonchev–Trinajstić information content (AvgIpc) is 2.44. The SMILES string of the molecule is COC(=O)C(C)(C)[C@H](N)c1cc(OC)c(Br)cc1OC.Cl. The molecule has 0 amide bonds. The van der Waals surface area contributed by atoms with Crippen molar-refractivity contribution in [3.8, 4) is 11.5 Å². The highest BCUT2D eigenvalue weighted by Crippen LogP contribution is 2.41. The van der Waals surface area contributed by atoms with Gasteiger partial charge < -0.3 is 19.9 Å². The fourth-order valence-electron chi connectivity index (χ4n) is 1.91. The van der Waals surface area contributed by atoms with E-state index in [-0.39, 0.29) is 18.4 Å². The summed E-state index contributed by atoms with van der Waals surface area (Å²) in [4.78, 5) is 11.9. The molecule has 0 saturated carbocycles. The van der Waals surface area contributed by atoms with Crippen LogP contribution in [0.25, 0.3) is 0 Å². The van der Waals surface area contributed by atoms with Crippen molar-refractivity contribution in [3.63, 3.8) is 0 Å². The molecule has 0 aliphatic rings. The molecule has 1 aromatic carbocycles. The van der Waals surface area contributed by atoms with Crippen LogP contribution < -0.4 is 15.2 Å². The van der Waals surface area contributed by atoms with Crippen LogP contribution in [0.2, 0.25) is 0 Å². The fourth-order valence-corrected chi connectivity index (χ4v) is 2.39. The summed E-state index contributed by atoms with van der Waals surface area (Å²) >= 11 is 3.39. The van der Waals surface area contributed by atoms with Crippen LogP contribution in [0.15, 0.2) is 16.6 Å². The van der Waals surface area contributed by atoms with E-state index in [9.17, 15) is 4.79 Å². The molecule has 1 atom stereocenters. The second-order valence-corrected chi connectivity index (χ2v) is 5.77. The van der Waals surface area contributed by atoms with E-state index in [1.807, 2.05) is 0 Å². The number of nitrogens with two attached hydrogens (primary N) is 1. The van der Waals surface area contributed by atoms with Crippen LogP contribution in [-0.4, -0.2) is 27.3 Å². The van der Waals surface area contributed by atoms with Crippen LogP contribution in [0.1, 0.15) is 25.5 Å². The lowest BCUT2D eigenvalue weighted by Gasteiger charge is -2.30. The molecule has 0 aliphatic carbocycles. The maximum atomic E-state index is 11.9. The molecule has 0 saturated heterocycles. The number of ether oxygens (including phenoxy) is 3. The van der Waals surface area contributed by atoms with Crippen molar-refractivity contribution in [3.05, 3.63) is 22.2 Å². The monoisotopic (exact) mass is 381 g/mol. The number of hydrogen-bond donors (Lipinski definition) is 1. The Kier molecular flexibility index (Phi) is 7.50. The smallest absolute Gasteiger partial charge is 0.313 e. The predicted octanol–water partition coefficient (Wildman–Crippen LogP) is 3.09. The second-order valence-electron chi connectivity index (χ2n) is 4.92. The van der Waals surface area contributed by atoms with Gasteiger partial charge in [0.25, 0.3) is 0 Å². The molecule has 120 valence electrons. The Bertz CT molecular complexity index is 508. The summed E-state index contributed by atoms with van der Waals surface area (Å²) in [5, 5.41) is 0. The van der Waals surface area contributed by atoms with Gasteiger partial charge in [-0.1, -0.05) is 0 Å². The fraction of sp³-hybridized carbons (Fsp3) is 0.500. The maximum Gasteiger partial charge on any atom is 0.313 e. The van der Waals surface area contributed by atoms with Gasteiger partial charge in [0.15, 0.2) is 0 Å². The van der Waals surface area contributed by atoms with Crippen molar-refractivity contribution < 1.29 is 19.0 Å². The summed E-state index contributed by atoms with van der Waals surface area (Å²) in [5.74, 6) is 0.827. The Hall–Kier alpha value is -0.980. The average molecular weight is 383 g/mol. The van der Waals surface area contributed by atoms with Crippen molar-refractivity contribution in [2.24, 2.45) is 11.1 Å². The Labute approximate surface area is 139 Å². The number of carbonyl (C=O) groups is 1. The largest absolute Gasteiger partial charge is 0.496 e. The number of halogens is 2. The molecule has 0 aromatic heterocycles. The molecule has 0 aliphatic heterocycles. The minimum absolute atomic E-state index is 0. The lowest BCUT2D eigenvalue weighted by atomic mass is 9.80. The molecular formula is C14H21BrClNO4. The zero-order valence-corrected chi connectivity index (χ0v) is 15.1. The van der Waals surface area contributed by atoms with Crippen LogP contribution in [0.3, 0.4) is 0 Å². The van der Waals surface area contributed by atoms with Crippen LogP contribution in [0.5, 0.6) is 11.5 Å². The number of hydrogen-bond acceptors (Lipinski definition) is 5. The van der Waals surface area contributed by atoms with E-state index in [0.717, 1.165) is 4.47 Å². The topological polar surface area (TPSA) is 70.8 Å². The third-order valence-electron chi connectivity index (χ3n) is 3.33. The predicted molar refractivity (Wildman–Crippen MR) is 87.2 cm³/mol. The molecule has 0 fully saturated rings. The Morgan fingerprint density at radius 1 is 1.19 bits per heavy atom. The van der Waals surface area contributed by atoms with Gasteiger partial charge >= 0.3 is 5.97 Å².